The zero-order valence-electron chi connectivity index (χ0n) is 26.9. The van der Waals surface area contributed by atoms with Crippen LogP contribution in [0.3, 0.4) is 0 Å². The van der Waals surface area contributed by atoms with Crippen LogP contribution in [0.2, 0.25) is 0 Å². The number of carbonyl (C=O) groups excluding carboxylic acids is 2. The summed E-state index contributed by atoms with van der Waals surface area (Å²) in [5.41, 5.74) is 6.49. The highest BCUT2D eigenvalue weighted by molar-refractivity contribution is 9.10. The Kier molecular flexibility index (Phi) is 7.80. The number of ketones is 2. The van der Waals surface area contributed by atoms with E-state index in [1.807, 2.05) is 32.2 Å². The number of aryl methyl sites for hydroxylation is 1. The third kappa shape index (κ3) is 5.40. The molecular formula is C38H42BrNO4. The van der Waals surface area contributed by atoms with Crippen molar-refractivity contribution in [2.24, 2.45) is 10.8 Å². The maximum atomic E-state index is 14.0. The minimum absolute atomic E-state index is 0.123. The van der Waals surface area contributed by atoms with Gasteiger partial charge in [-0.1, -0.05) is 64.1 Å². The maximum absolute atomic E-state index is 14.0. The number of benzene rings is 3. The molecule has 6 rings (SSSR count). The molecule has 0 N–H and O–H groups in total. The highest BCUT2D eigenvalue weighted by Crippen LogP contribution is 2.55. The number of allylic oxidation sites excluding steroid dienone is 4. The minimum Gasteiger partial charge on any atom is -0.490 e. The number of fused-ring (bicyclic) bond motifs is 1. The van der Waals surface area contributed by atoms with Crippen molar-refractivity contribution in [1.29, 1.82) is 0 Å². The van der Waals surface area contributed by atoms with Gasteiger partial charge in [-0.25, -0.2) is 0 Å². The quantitative estimate of drug-likeness (QED) is 0.265. The molecule has 0 unspecified atom stereocenters. The Morgan fingerprint density at radius 2 is 1.48 bits per heavy atom. The molecule has 44 heavy (non-hydrogen) atoms. The van der Waals surface area contributed by atoms with Crippen LogP contribution in [-0.4, -0.2) is 30.1 Å². The second-order valence-corrected chi connectivity index (χ2v) is 15.1. The molecule has 3 aliphatic rings. The average molecular weight is 657 g/mol. The number of rotatable bonds is 6. The molecule has 0 atom stereocenters. The van der Waals surface area contributed by atoms with Crippen LogP contribution >= 0.6 is 15.9 Å². The van der Waals surface area contributed by atoms with Gasteiger partial charge in [0.05, 0.1) is 11.1 Å². The van der Waals surface area contributed by atoms with Crippen molar-refractivity contribution >= 4 is 38.3 Å². The molecule has 3 aromatic rings. The first-order valence-electron chi connectivity index (χ1n) is 15.6. The predicted octanol–water partition coefficient (Wildman–Crippen LogP) is 9.20. The van der Waals surface area contributed by atoms with E-state index in [0.29, 0.717) is 37.6 Å². The zero-order valence-corrected chi connectivity index (χ0v) is 28.5. The number of hydrogen-bond donors (Lipinski definition) is 0. The summed E-state index contributed by atoms with van der Waals surface area (Å²) in [6, 6.07) is 16.6. The van der Waals surface area contributed by atoms with Crippen molar-refractivity contribution in [3.8, 4) is 11.5 Å². The molecule has 0 saturated carbocycles. The molecule has 0 saturated heterocycles. The van der Waals surface area contributed by atoms with Crippen molar-refractivity contribution in [3.05, 3.63) is 92.2 Å². The van der Waals surface area contributed by atoms with Gasteiger partial charge in [0.15, 0.2) is 23.1 Å². The summed E-state index contributed by atoms with van der Waals surface area (Å²) >= 11 is 3.81. The smallest absolute Gasteiger partial charge is 0.175 e. The van der Waals surface area contributed by atoms with Crippen LogP contribution < -0.4 is 9.47 Å². The molecule has 2 aliphatic carbocycles. The number of ether oxygens (including phenoxy) is 2. The van der Waals surface area contributed by atoms with Crippen LogP contribution in [0.4, 0.5) is 0 Å². The van der Waals surface area contributed by atoms with Crippen molar-refractivity contribution in [2.75, 3.05) is 13.7 Å². The van der Waals surface area contributed by atoms with Gasteiger partial charge in [-0.05, 0) is 87.5 Å². The molecule has 5 nitrogen and oxygen atoms in total. The molecule has 1 heterocycles. The van der Waals surface area contributed by atoms with E-state index in [2.05, 4.69) is 85.8 Å². The first-order valence-corrected chi connectivity index (χ1v) is 16.4. The molecule has 0 bridgehead atoms. The van der Waals surface area contributed by atoms with Gasteiger partial charge in [0.1, 0.15) is 6.61 Å². The lowest BCUT2D eigenvalue weighted by Crippen LogP contribution is -2.43. The lowest BCUT2D eigenvalue weighted by Gasteiger charge is -2.48. The molecule has 6 heteroatoms. The van der Waals surface area contributed by atoms with Crippen LogP contribution in [0, 0.1) is 17.8 Å². The number of hydrogen-bond acceptors (Lipinski definition) is 5. The van der Waals surface area contributed by atoms with Crippen molar-refractivity contribution in [1.82, 2.24) is 4.90 Å². The third-order valence-corrected chi connectivity index (χ3v) is 10.1. The molecule has 0 aromatic heterocycles. The Morgan fingerprint density at radius 3 is 2.09 bits per heavy atom. The Labute approximate surface area is 269 Å². The van der Waals surface area contributed by atoms with Crippen LogP contribution in [0.25, 0.3) is 10.8 Å². The molecule has 0 amide bonds. The van der Waals surface area contributed by atoms with E-state index in [0.717, 1.165) is 56.5 Å². The van der Waals surface area contributed by atoms with Gasteiger partial charge in [-0.15, -0.1) is 0 Å². The van der Waals surface area contributed by atoms with Gasteiger partial charge in [0, 0.05) is 53.9 Å². The predicted molar refractivity (Wildman–Crippen MR) is 179 cm³/mol. The van der Waals surface area contributed by atoms with Gasteiger partial charge in [-0.2, -0.15) is 0 Å². The maximum Gasteiger partial charge on any atom is 0.175 e. The van der Waals surface area contributed by atoms with E-state index < -0.39 is 5.92 Å². The Balaban J connectivity index is 1.47. The first kappa shape index (κ1) is 30.6. The molecule has 3 aromatic carbocycles. The summed E-state index contributed by atoms with van der Waals surface area (Å²) in [7, 11) is 2.04. The fourth-order valence-electron chi connectivity index (χ4n) is 7.44. The molecule has 1 aliphatic heterocycles. The second-order valence-electron chi connectivity index (χ2n) is 14.2. The SMILES string of the molecule is CCOc1cc(C2C3=C(CC(C)(C)CC3=O)N(C)C3=C2C(=O)CC(C)(C)C3)cc(Br)c1OCc1c(C)ccc2ccccc12. The Hall–Kier alpha value is -3.38. The van der Waals surface area contributed by atoms with Gasteiger partial charge in [0.25, 0.3) is 0 Å². The average Bonchev–Trinajstić information content (AvgIpc) is 2.93. The van der Waals surface area contributed by atoms with Gasteiger partial charge >= 0.3 is 0 Å². The minimum atomic E-state index is -0.437. The Morgan fingerprint density at radius 1 is 0.864 bits per heavy atom. The van der Waals surface area contributed by atoms with E-state index in [4.69, 9.17) is 9.47 Å². The Bertz CT molecular complexity index is 1710. The van der Waals surface area contributed by atoms with E-state index >= 15 is 0 Å². The number of Topliss-reactive ketones (excluding diaryl/α,β-unsaturated/α-hetero) is 2. The molecule has 0 fully saturated rings. The van der Waals surface area contributed by atoms with Crippen molar-refractivity contribution in [3.63, 3.8) is 0 Å². The number of halogens is 1. The topological polar surface area (TPSA) is 55.8 Å². The summed E-state index contributed by atoms with van der Waals surface area (Å²) in [5, 5.41) is 2.34. The van der Waals surface area contributed by atoms with Gasteiger partial charge < -0.3 is 14.4 Å². The first-order chi connectivity index (χ1) is 20.8. The van der Waals surface area contributed by atoms with Crippen LogP contribution in [0.5, 0.6) is 11.5 Å². The molecule has 230 valence electrons. The van der Waals surface area contributed by atoms with Gasteiger partial charge in [-0.3, -0.25) is 9.59 Å². The summed E-state index contributed by atoms with van der Waals surface area (Å²) in [6.45, 7) is 13.5. The highest BCUT2D eigenvalue weighted by atomic mass is 79.9. The molecule has 0 spiro atoms. The van der Waals surface area contributed by atoms with Crippen molar-refractivity contribution in [2.45, 2.75) is 79.8 Å². The lowest BCUT2D eigenvalue weighted by molar-refractivity contribution is -0.119. The number of carbonyl (C=O) groups is 2. The van der Waals surface area contributed by atoms with Crippen LogP contribution in [0.1, 0.15) is 82.9 Å². The highest BCUT2D eigenvalue weighted by Gasteiger charge is 2.48. The van der Waals surface area contributed by atoms with E-state index in [9.17, 15) is 9.59 Å². The van der Waals surface area contributed by atoms with Crippen LogP contribution in [0.15, 0.2) is 75.5 Å². The monoisotopic (exact) mass is 655 g/mol. The second kappa shape index (κ2) is 11.2. The van der Waals surface area contributed by atoms with E-state index in [1.54, 1.807) is 0 Å². The summed E-state index contributed by atoms with van der Waals surface area (Å²) in [6.07, 6.45) is 2.50. The van der Waals surface area contributed by atoms with Crippen LogP contribution in [-0.2, 0) is 16.2 Å². The number of nitrogens with zero attached hydrogens (tertiary/aromatic N) is 1. The lowest BCUT2D eigenvalue weighted by atomic mass is 9.64. The zero-order chi connectivity index (χ0) is 31.6. The fourth-order valence-corrected chi connectivity index (χ4v) is 8.01. The normalized spacial score (nSPS) is 19.8. The van der Waals surface area contributed by atoms with E-state index in [1.165, 1.54) is 10.8 Å². The summed E-state index contributed by atoms with van der Waals surface area (Å²) in [5.74, 6) is 1.03. The summed E-state index contributed by atoms with van der Waals surface area (Å²) in [4.78, 5) is 30.1. The van der Waals surface area contributed by atoms with Crippen molar-refractivity contribution < 1.29 is 19.1 Å². The third-order valence-electron chi connectivity index (χ3n) is 9.48. The largest absolute Gasteiger partial charge is 0.490 e. The fraction of sp³-hybridized carbons (Fsp3) is 0.421. The van der Waals surface area contributed by atoms with Gasteiger partial charge in [0.2, 0.25) is 0 Å². The standard InChI is InChI=1S/C38H42BrNO4/c1-8-43-32-16-24(15-27(39)36(32)44-21-26-22(2)13-14-23-11-9-10-12-25(23)26)33-34-28(17-37(3,4)19-30(34)41)40(7)29-18-38(5,6)20-31(42)35(29)33/h9-16,33H,8,17-21H2,1-7H3. The molecule has 0 radical (unpaired) electrons. The van der Waals surface area contributed by atoms with E-state index in [-0.39, 0.29) is 22.4 Å². The summed E-state index contributed by atoms with van der Waals surface area (Å²) < 4.78 is 13.5. The molecular weight excluding hydrogens is 614 g/mol.